The van der Waals surface area contributed by atoms with E-state index in [1.807, 2.05) is 30.3 Å². The molecule has 2 atom stereocenters. The number of aromatic nitrogens is 2. The third kappa shape index (κ3) is 3.63. The van der Waals surface area contributed by atoms with Gasteiger partial charge in [0.2, 0.25) is 22.2 Å². The van der Waals surface area contributed by atoms with Gasteiger partial charge in [0.15, 0.2) is 0 Å². The summed E-state index contributed by atoms with van der Waals surface area (Å²) in [5.41, 5.74) is 0.755. The van der Waals surface area contributed by atoms with Crippen LogP contribution in [-0.2, 0) is 14.7 Å². The monoisotopic (exact) mass is 388 g/mol. The van der Waals surface area contributed by atoms with Crippen molar-refractivity contribution >= 4 is 16.4 Å². The maximum absolute atomic E-state index is 12.4. The van der Waals surface area contributed by atoms with Gasteiger partial charge in [-0.2, -0.15) is 9.35 Å². The average Bonchev–Trinajstić information content (AvgIpc) is 3.16. The maximum atomic E-state index is 12.4. The van der Waals surface area contributed by atoms with Crippen LogP contribution >= 0.6 is 0 Å². The first kappa shape index (κ1) is 19.3. The molecule has 4 rings (SSSR count). The van der Waals surface area contributed by atoms with Gasteiger partial charge >= 0.3 is 35.6 Å². The molecule has 2 aromatic rings. The molecule has 2 saturated heterocycles. The van der Waals surface area contributed by atoms with Crippen molar-refractivity contribution in [2.45, 2.75) is 24.9 Å². The molecule has 2 aliphatic heterocycles. The summed E-state index contributed by atoms with van der Waals surface area (Å²) in [4.78, 5) is 13.7. The summed E-state index contributed by atoms with van der Waals surface area (Å²) < 4.78 is 42.4. The van der Waals surface area contributed by atoms with Crippen LogP contribution in [0.2, 0.25) is 0 Å². The minimum absolute atomic E-state index is 0. The number of hydrogen-bond donors (Lipinski definition) is 0. The summed E-state index contributed by atoms with van der Waals surface area (Å²) >= 11 is 0. The van der Waals surface area contributed by atoms with Crippen LogP contribution in [-0.4, -0.2) is 51.7 Å². The zero-order valence-electron chi connectivity index (χ0n) is 13.8. The van der Waals surface area contributed by atoms with E-state index in [0.717, 1.165) is 5.56 Å². The summed E-state index contributed by atoms with van der Waals surface area (Å²) in [6.45, 7) is 0.224. The summed E-state index contributed by atoms with van der Waals surface area (Å²) in [6, 6.07) is 7.50. The predicted octanol–water partition coefficient (Wildman–Crippen LogP) is -1.93. The Labute approximate surface area is 171 Å². The largest absolute Gasteiger partial charge is 1.00 e. The molecule has 0 unspecified atom stereocenters. The Morgan fingerprint density at radius 3 is 2.62 bits per heavy atom. The van der Waals surface area contributed by atoms with Crippen molar-refractivity contribution in [3.8, 4) is 11.5 Å². The van der Waals surface area contributed by atoms with Gasteiger partial charge in [-0.15, -0.1) is 10.2 Å². The molecule has 1 aromatic carbocycles. The number of amides is 2. The van der Waals surface area contributed by atoms with Gasteiger partial charge in [-0.1, -0.05) is 18.2 Å². The Kier molecular flexibility index (Phi) is 5.37. The molecule has 2 fully saturated rings. The number of nitrogens with zero attached hydrogens (tertiary/aromatic N) is 4. The smallest absolute Gasteiger partial charge is 0.724 e. The molecule has 0 radical (unpaired) electrons. The van der Waals surface area contributed by atoms with Crippen LogP contribution in [0.25, 0.3) is 11.5 Å². The molecule has 132 valence electrons. The number of piperidine rings is 1. The standard InChI is InChI=1S/C14H14N4O6S.Na/c19-14-17-8-10(18(14)24-25(20,21)22)6-7-11(17)13-16-15-12(23-13)9-4-2-1-3-5-9;/h1-5,10-11H,6-8H2,(H,20,21,22);/q;+1/p-1/t10-,11-;/m1./s1. The first-order chi connectivity index (χ1) is 11.9. The van der Waals surface area contributed by atoms with E-state index in [1.165, 1.54) is 4.90 Å². The van der Waals surface area contributed by atoms with Gasteiger partial charge in [0.05, 0.1) is 6.04 Å². The summed E-state index contributed by atoms with van der Waals surface area (Å²) in [6.07, 6.45) is 0.942. The van der Waals surface area contributed by atoms with Crippen LogP contribution < -0.4 is 29.6 Å². The Hall–Kier alpha value is -1.50. The fraction of sp³-hybridized carbons (Fsp3) is 0.357. The number of carbonyl (C=O) groups excluding carboxylic acids is 1. The average molecular weight is 388 g/mol. The van der Waals surface area contributed by atoms with Gasteiger partial charge < -0.3 is 13.9 Å². The normalized spacial score (nSPS) is 22.4. The van der Waals surface area contributed by atoms with E-state index >= 15 is 0 Å². The summed E-state index contributed by atoms with van der Waals surface area (Å²) in [5, 5.41) is 8.64. The molecular weight excluding hydrogens is 375 g/mol. The zero-order valence-corrected chi connectivity index (χ0v) is 16.6. The second-order valence-electron chi connectivity index (χ2n) is 5.80. The van der Waals surface area contributed by atoms with Gasteiger partial charge in [0, 0.05) is 12.1 Å². The summed E-state index contributed by atoms with van der Waals surface area (Å²) in [5.74, 6) is 0.595. The van der Waals surface area contributed by atoms with Crippen LogP contribution in [0.15, 0.2) is 34.7 Å². The van der Waals surface area contributed by atoms with E-state index in [9.17, 15) is 17.8 Å². The van der Waals surface area contributed by atoms with E-state index in [0.29, 0.717) is 23.8 Å². The van der Waals surface area contributed by atoms with Crippen molar-refractivity contribution in [1.29, 1.82) is 0 Å². The second kappa shape index (κ2) is 7.25. The molecule has 0 aliphatic carbocycles. The van der Waals surface area contributed by atoms with Crippen molar-refractivity contribution in [1.82, 2.24) is 20.2 Å². The van der Waals surface area contributed by atoms with Crippen LogP contribution in [0, 0.1) is 0 Å². The number of rotatable bonds is 4. The quantitative estimate of drug-likeness (QED) is 0.337. The van der Waals surface area contributed by atoms with Crippen molar-refractivity contribution < 1.29 is 56.0 Å². The van der Waals surface area contributed by atoms with Gasteiger partial charge in [-0.25, -0.2) is 13.2 Å². The molecule has 0 saturated carbocycles. The Bertz CT molecular complexity index is 905. The molecule has 1 aromatic heterocycles. The fourth-order valence-corrected chi connectivity index (χ4v) is 3.53. The molecule has 3 heterocycles. The number of carbonyl (C=O) groups is 1. The first-order valence-electron chi connectivity index (χ1n) is 7.56. The molecule has 0 N–H and O–H groups in total. The van der Waals surface area contributed by atoms with Crippen molar-refractivity contribution in [2.75, 3.05) is 6.54 Å². The van der Waals surface area contributed by atoms with Gasteiger partial charge in [0.25, 0.3) is 0 Å². The Morgan fingerprint density at radius 2 is 1.92 bits per heavy atom. The van der Waals surface area contributed by atoms with E-state index in [4.69, 9.17) is 4.42 Å². The van der Waals surface area contributed by atoms with Crippen LogP contribution in [0.1, 0.15) is 24.8 Å². The molecular formula is C14H13N4NaO6S. The SMILES string of the molecule is O=C1N2C[C@@H](CC[C@@H]2c2nnc(-c3ccccc3)o2)N1OS(=O)(=O)[O-].[Na+]. The minimum atomic E-state index is -5.02. The molecule has 2 amide bonds. The van der Waals surface area contributed by atoms with Crippen LogP contribution in [0.5, 0.6) is 0 Å². The maximum Gasteiger partial charge on any atom is 1.00 e. The predicted molar refractivity (Wildman–Crippen MR) is 80.2 cm³/mol. The van der Waals surface area contributed by atoms with E-state index in [-0.39, 0.29) is 42.0 Å². The molecule has 2 aliphatic rings. The third-order valence-electron chi connectivity index (χ3n) is 4.24. The molecule has 26 heavy (non-hydrogen) atoms. The number of hydroxylamine groups is 2. The molecule has 2 bridgehead atoms. The van der Waals surface area contributed by atoms with Gasteiger partial charge in [-0.3, -0.25) is 0 Å². The Balaban J connectivity index is 0.00000196. The van der Waals surface area contributed by atoms with Crippen LogP contribution in [0.4, 0.5) is 4.79 Å². The molecule has 10 nitrogen and oxygen atoms in total. The topological polar surface area (TPSA) is 129 Å². The summed E-state index contributed by atoms with van der Waals surface area (Å²) in [7, 11) is -5.02. The number of urea groups is 1. The fourth-order valence-electron chi connectivity index (χ4n) is 3.15. The zero-order chi connectivity index (χ0) is 17.6. The van der Waals surface area contributed by atoms with Crippen molar-refractivity contribution in [3.05, 3.63) is 36.2 Å². The Morgan fingerprint density at radius 1 is 1.19 bits per heavy atom. The van der Waals surface area contributed by atoms with E-state index in [2.05, 4.69) is 14.5 Å². The van der Waals surface area contributed by atoms with E-state index < -0.39 is 28.5 Å². The molecule has 12 heteroatoms. The van der Waals surface area contributed by atoms with Crippen molar-refractivity contribution in [2.24, 2.45) is 0 Å². The number of hydrogen-bond acceptors (Lipinski definition) is 8. The third-order valence-corrected chi connectivity index (χ3v) is 4.58. The van der Waals surface area contributed by atoms with Crippen molar-refractivity contribution in [3.63, 3.8) is 0 Å². The van der Waals surface area contributed by atoms with Gasteiger partial charge in [0.1, 0.15) is 6.04 Å². The minimum Gasteiger partial charge on any atom is -0.724 e. The number of fused-ring (bicyclic) bond motifs is 2. The van der Waals surface area contributed by atoms with E-state index in [1.54, 1.807) is 0 Å². The number of benzene rings is 1. The second-order valence-corrected chi connectivity index (χ2v) is 6.77. The first-order valence-corrected chi connectivity index (χ1v) is 8.90. The molecule has 0 spiro atoms. The van der Waals surface area contributed by atoms with Gasteiger partial charge in [-0.05, 0) is 25.0 Å². The van der Waals surface area contributed by atoms with Crippen LogP contribution in [0.3, 0.4) is 0 Å².